The number of hydrogen-bond donors (Lipinski definition) is 1. The molecule has 1 aromatic rings. The van der Waals surface area contributed by atoms with E-state index in [1.165, 1.54) is 12.1 Å². The molecule has 94 valence electrons. The van der Waals surface area contributed by atoms with E-state index in [2.05, 4.69) is 20.7 Å². The van der Waals surface area contributed by atoms with Crippen LogP contribution in [0.3, 0.4) is 0 Å². The highest BCUT2D eigenvalue weighted by Crippen LogP contribution is 2.19. The highest BCUT2D eigenvalue weighted by molar-refractivity contribution is 9.10. The average Bonchev–Trinajstić information content (AvgIpc) is 2.28. The lowest BCUT2D eigenvalue weighted by atomic mass is 10.3. The smallest absolute Gasteiger partial charge is 0.211 e. The summed E-state index contributed by atoms with van der Waals surface area (Å²) in [4.78, 5) is 0.0475. The zero-order chi connectivity index (χ0) is 12.9. The quantitative estimate of drug-likeness (QED) is 0.669. The van der Waals surface area contributed by atoms with Gasteiger partial charge in [-0.2, -0.15) is 0 Å². The Morgan fingerprint density at radius 1 is 1.47 bits per heavy atom. The molecule has 1 rings (SSSR count). The number of sulfonamides is 1. The van der Waals surface area contributed by atoms with Crippen LogP contribution < -0.4 is 4.72 Å². The van der Waals surface area contributed by atoms with Gasteiger partial charge < -0.3 is 0 Å². The zero-order valence-electron chi connectivity index (χ0n) is 9.28. The first-order valence-corrected chi connectivity index (χ1v) is 7.31. The third-order valence-corrected chi connectivity index (χ3v) is 4.11. The van der Waals surface area contributed by atoms with Gasteiger partial charge in [0.1, 0.15) is 5.82 Å². The fourth-order valence-corrected chi connectivity index (χ4v) is 2.77. The summed E-state index contributed by atoms with van der Waals surface area (Å²) in [6, 6.07) is 3.59. The van der Waals surface area contributed by atoms with Gasteiger partial charge in [-0.1, -0.05) is 12.2 Å². The molecule has 0 saturated heterocycles. The lowest BCUT2D eigenvalue weighted by Gasteiger charge is -2.06. The van der Waals surface area contributed by atoms with Gasteiger partial charge in [-0.3, -0.25) is 0 Å². The van der Waals surface area contributed by atoms with Gasteiger partial charge in [-0.15, -0.1) is 0 Å². The third kappa shape index (κ3) is 4.22. The monoisotopic (exact) mass is 321 g/mol. The van der Waals surface area contributed by atoms with Crippen LogP contribution in [0.15, 0.2) is 39.7 Å². The average molecular weight is 322 g/mol. The molecule has 17 heavy (non-hydrogen) atoms. The summed E-state index contributed by atoms with van der Waals surface area (Å²) in [5.41, 5.74) is 0. The molecule has 0 aromatic heterocycles. The Morgan fingerprint density at radius 3 is 2.76 bits per heavy atom. The molecule has 0 heterocycles. The van der Waals surface area contributed by atoms with Gasteiger partial charge in [0.05, 0.1) is 9.37 Å². The first-order valence-electron chi connectivity index (χ1n) is 5.03. The van der Waals surface area contributed by atoms with Crippen LogP contribution >= 0.6 is 15.9 Å². The second-order valence-electron chi connectivity index (χ2n) is 3.33. The molecule has 1 aromatic carbocycles. The Labute approximate surface area is 109 Å². The summed E-state index contributed by atoms with van der Waals surface area (Å²) in [6.45, 7) is 2.19. The van der Waals surface area contributed by atoms with E-state index >= 15 is 0 Å². The minimum atomic E-state index is -3.56. The van der Waals surface area contributed by atoms with E-state index in [-0.39, 0.29) is 9.37 Å². The summed E-state index contributed by atoms with van der Waals surface area (Å²) >= 11 is 2.95. The number of rotatable bonds is 5. The SMILES string of the molecule is C/C=C/CCNS(=O)(=O)c1ccc(F)c(Br)c1. The number of allylic oxidation sites excluding steroid dienone is 1. The van der Waals surface area contributed by atoms with Gasteiger partial charge in [0.15, 0.2) is 0 Å². The van der Waals surface area contributed by atoms with Crippen molar-refractivity contribution in [2.75, 3.05) is 6.54 Å². The Bertz CT molecular complexity index is 514. The highest BCUT2D eigenvalue weighted by Gasteiger charge is 2.14. The summed E-state index contributed by atoms with van der Waals surface area (Å²) in [6.07, 6.45) is 4.34. The number of hydrogen-bond acceptors (Lipinski definition) is 2. The molecule has 0 amide bonds. The Kier molecular flexibility index (Phi) is 5.30. The molecule has 3 nitrogen and oxygen atoms in total. The van der Waals surface area contributed by atoms with E-state index in [1.807, 2.05) is 19.1 Å². The predicted octanol–water partition coefficient (Wildman–Crippen LogP) is 2.83. The lowest BCUT2D eigenvalue weighted by Crippen LogP contribution is -2.24. The Morgan fingerprint density at radius 2 is 2.18 bits per heavy atom. The van der Waals surface area contributed by atoms with Gasteiger partial charge in [0, 0.05) is 6.54 Å². The van der Waals surface area contributed by atoms with E-state index in [4.69, 9.17) is 0 Å². The van der Waals surface area contributed by atoms with Gasteiger partial charge in [0.2, 0.25) is 10.0 Å². The van der Waals surface area contributed by atoms with Crippen LogP contribution in [-0.2, 0) is 10.0 Å². The second-order valence-corrected chi connectivity index (χ2v) is 5.95. The number of benzene rings is 1. The van der Waals surface area contributed by atoms with Crippen LogP contribution in [0.25, 0.3) is 0 Å². The van der Waals surface area contributed by atoms with Crippen molar-refractivity contribution in [2.45, 2.75) is 18.2 Å². The van der Waals surface area contributed by atoms with Crippen molar-refractivity contribution in [1.29, 1.82) is 0 Å². The zero-order valence-corrected chi connectivity index (χ0v) is 11.7. The van der Waals surface area contributed by atoms with Crippen molar-refractivity contribution in [1.82, 2.24) is 4.72 Å². The first-order chi connectivity index (χ1) is 7.97. The summed E-state index contributed by atoms with van der Waals surface area (Å²) in [5.74, 6) is -0.488. The number of halogens is 2. The van der Waals surface area contributed by atoms with Crippen molar-refractivity contribution < 1.29 is 12.8 Å². The Hall–Kier alpha value is -0.720. The van der Waals surface area contributed by atoms with Crippen LogP contribution in [0.5, 0.6) is 0 Å². The van der Waals surface area contributed by atoms with Gasteiger partial charge in [0.25, 0.3) is 0 Å². The minimum absolute atomic E-state index is 0.0475. The van der Waals surface area contributed by atoms with Crippen LogP contribution in [0.4, 0.5) is 4.39 Å². The van der Waals surface area contributed by atoms with Crippen LogP contribution in [-0.4, -0.2) is 15.0 Å². The van der Waals surface area contributed by atoms with Gasteiger partial charge >= 0.3 is 0 Å². The fourth-order valence-electron chi connectivity index (χ4n) is 1.17. The van der Waals surface area contributed by atoms with Crippen molar-refractivity contribution >= 4 is 26.0 Å². The van der Waals surface area contributed by atoms with E-state index < -0.39 is 15.8 Å². The molecule has 0 spiro atoms. The van der Waals surface area contributed by atoms with E-state index in [0.29, 0.717) is 13.0 Å². The highest BCUT2D eigenvalue weighted by atomic mass is 79.9. The molecule has 0 bridgehead atoms. The molecule has 0 radical (unpaired) electrons. The molecule has 0 aliphatic rings. The maximum atomic E-state index is 13.0. The minimum Gasteiger partial charge on any atom is -0.211 e. The molecule has 1 N–H and O–H groups in total. The van der Waals surface area contributed by atoms with Crippen molar-refractivity contribution in [3.63, 3.8) is 0 Å². The predicted molar refractivity (Wildman–Crippen MR) is 68.7 cm³/mol. The molecule has 0 fully saturated rings. The third-order valence-electron chi connectivity index (χ3n) is 2.04. The molecule has 0 saturated carbocycles. The topological polar surface area (TPSA) is 46.2 Å². The van der Waals surface area contributed by atoms with Crippen molar-refractivity contribution in [3.05, 3.63) is 40.6 Å². The second kappa shape index (κ2) is 6.28. The largest absolute Gasteiger partial charge is 0.240 e. The Balaban J connectivity index is 2.79. The summed E-state index contributed by atoms with van der Waals surface area (Å²) < 4.78 is 39.1. The molecule has 0 unspecified atom stereocenters. The molecule has 0 aliphatic heterocycles. The van der Waals surface area contributed by atoms with Crippen LogP contribution in [0, 0.1) is 5.82 Å². The molecule has 0 atom stereocenters. The standard InChI is InChI=1S/C11H13BrFNO2S/c1-2-3-4-7-14-17(15,16)9-5-6-11(13)10(12)8-9/h2-3,5-6,8,14H,4,7H2,1H3/b3-2+. The van der Waals surface area contributed by atoms with Crippen LogP contribution in [0.2, 0.25) is 0 Å². The van der Waals surface area contributed by atoms with Crippen molar-refractivity contribution in [2.24, 2.45) is 0 Å². The van der Waals surface area contributed by atoms with E-state index in [0.717, 1.165) is 6.07 Å². The summed E-state index contributed by atoms with van der Waals surface area (Å²) in [5, 5.41) is 0. The summed E-state index contributed by atoms with van der Waals surface area (Å²) in [7, 11) is -3.56. The van der Waals surface area contributed by atoms with E-state index in [1.54, 1.807) is 0 Å². The molecule has 6 heteroatoms. The van der Waals surface area contributed by atoms with E-state index in [9.17, 15) is 12.8 Å². The first kappa shape index (κ1) is 14.3. The molecular weight excluding hydrogens is 309 g/mol. The number of nitrogens with one attached hydrogen (secondary N) is 1. The fraction of sp³-hybridized carbons (Fsp3) is 0.273. The van der Waals surface area contributed by atoms with Gasteiger partial charge in [-0.25, -0.2) is 17.5 Å². The normalized spacial score (nSPS) is 12.2. The maximum Gasteiger partial charge on any atom is 0.240 e. The molecule has 0 aliphatic carbocycles. The molecular formula is C11H13BrFNO2S. The van der Waals surface area contributed by atoms with Crippen molar-refractivity contribution in [3.8, 4) is 0 Å². The van der Waals surface area contributed by atoms with Crippen LogP contribution in [0.1, 0.15) is 13.3 Å². The van der Waals surface area contributed by atoms with Gasteiger partial charge in [-0.05, 0) is 47.5 Å². The lowest BCUT2D eigenvalue weighted by molar-refractivity contribution is 0.580. The maximum absolute atomic E-state index is 13.0.